The number of hydrogen-bond donors (Lipinski definition) is 4. The van der Waals surface area contributed by atoms with Crippen molar-refractivity contribution in [3.63, 3.8) is 0 Å². The highest BCUT2D eigenvalue weighted by Crippen LogP contribution is 2.46. The Morgan fingerprint density at radius 1 is 1.29 bits per heavy atom. The van der Waals surface area contributed by atoms with Gasteiger partial charge in [0, 0.05) is 17.9 Å². The van der Waals surface area contributed by atoms with Crippen LogP contribution < -0.4 is 0 Å². The van der Waals surface area contributed by atoms with Crippen LogP contribution in [0.5, 0.6) is 11.5 Å². The van der Waals surface area contributed by atoms with Crippen LogP contribution in [0.4, 0.5) is 0 Å². The Balaban J connectivity index is 2.42. The van der Waals surface area contributed by atoms with Crippen molar-refractivity contribution in [3.8, 4) is 11.5 Å². The molecule has 0 saturated heterocycles. The second kappa shape index (κ2) is 7.09. The fourth-order valence-electron chi connectivity index (χ4n) is 3.29. The maximum Gasteiger partial charge on any atom is 0.303 e. The molecule has 2 rings (SSSR count). The second-order valence-electron chi connectivity index (χ2n) is 6.58. The lowest BCUT2D eigenvalue weighted by Gasteiger charge is -2.34. The van der Waals surface area contributed by atoms with Gasteiger partial charge in [0.2, 0.25) is 0 Å². The molecule has 4 N–H and O–H groups in total. The zero-order valence-electron chi connectivity index (χ0n) is 14.0. The molecular formula is C19H24O5. The molecule has 0 aliphatic heterocycles. The molecule has 24 heavy (non-hydrogen) atoms. The van der Waals surface area contributed by atoms with Gasteiger partial charge in [-0.15, -0.1) is 0 Å². The van der Waals surface area contributed by atoms with Crippen molar-refractivity contribution in [1.29, 1.82) is 0 Å². The van der Waals surface area contributed by atoms with E-state index in [1.165, 1.54) is 12.1 Å². The van der Waals surface area contributed by atoms with Crippen molar-refractivity contribution in [2.45, 2.75) is 45.1 Å². The molecule has 130 valence electrons. The van der Waals surface area contributed by atoms with E-state index in [2.05, 4.69) is 6.58 Å². The maximum atomic E-state index is 10.7. The van der Waals surface area contributed by atoms with Crippen molar-refractivity contribution in [2.24, 2.45) is 5.92 Å². The summed E-state index contributed by atoms with van der Waals surface area (Å²) in [6.45, 7) is 7.66. The number of aliphatic carboxylic acids is 1. The lowest BCUT2D eigenvalue weighted by molar-refractivity contribution is -0.136. The second-order valence-corrected chi connectivity index (χ2v) is 6.58. The van der Waals surface area contributed by atoms with Crippen LogP contribution in [-0.2, 0) is 11.2 Å². The molecule has 0 bridgehead atoms. The lowest BCUT2D eigenvalue weighted by Crippen LogP contribution is -2.26. The van der Waals surface area contributed by atoms with E-state index in [0.717, 1.165) is 11.1 Å². The molecular weight excluding hydrogens is 308 g/mol. The fraction of sp³-hybridized carbons (Fsp3) is 0.421. The third-order valence-electron chi connectivity index (χ3n) is 4.67. The third-order valence-corrected chi connectivity index (χ3v) is 4.67. The van der Waals surface area contributed by atoms with Crippen LogP contribution in [0.3, 0.4) is 0 Å². The van der Waals surface area contributed by atoms with Gasteiger partial charge in [0.1, 0.15) is 11.5 Å². The standard InChI is InChI=1S/C19H24O5/c1-10(2)13-9-15(20)11(3)6-14(13)19-16(21)7-12(8-17(19)22)4-5-18(23)24/h6-8,13-15,20-22H,1,4-5,9H2,2-3H3,(H,23,24)/t13-,14?,15?/m0/s1. The number of aliphatic hydroxyl groups is 1. The number of allylic oxidation sites excluding steroid dienone is 2. The number of phenolic OH excluding ortho intramolecular Hbond substituents is 2. The van der Waals surface area contributed by atoms with Crippen molar-refractivity contribution >= 4 is 5.97 Å². The van der Waals surface area contributed by atoms with Crippen LogP contribution >= 0.6 is 0 Å². The zero-order valence-corrected chi connectivity index (χ0v) is 14.0. The number of aromatic hydroxyl groups is 2. The number of hydrogen-bond acceptors (Lipinski definition) is 4. The molecule has 2 unspecified atom stereocenters. The summed E-state index contributed by atoms with van der Waals surface area (Å²) in [4.78, 5) is 10.7. The summed E-state index contributed by atoms with van der Waals surface area (Å²) in [6, 6.07) is 3.00. The van der Waals surface area contributed by atoms with Gasteiger partial charge in [0.15, 0.2) is 0 Å². The number of phenols is 2. The first-order valence-corrected chi connectivity index (χ1v) is 7.99. The minimum atomic E-state index is -0.930. The summed E-state index contributed by atoms with van der Waals surface area (Å²) in [5, 5.41) is 39.7. The molecule has 1 aliphatic carbocycles. The average molecular weight is 332 g/mol. The van der Waals surface area contributed by atoms with Crippen molar-refractivity contribution in [3.05, 3.63) is 47.1 Å². The number of aryl methyl sites for hydroxylation is 1. The first-order chi connectivity index (χ1) is 11.2. The van der Waals surface area contributed by atoms with Gasteiger partial charge in [-0.3, -0.25) is 4.79 Å². The Bertz CT molecular complexity index is 666. The highest BCUT2D eigenvalue weighted by Gasteiger charge is 2.33. The highest BCUT2D eigenvalue weighted by molar-refractivity contribution is 5.67. The Morgan fingerprint density at radius 3 is 2.38 bits per heavy atom. The molecule has 0 spiro atoms. The largest absolute Gasteiger partial charge is 0.507 e. The summed E-state index contributed by atoms with van der Waals surface area (Å²) in [6.07, 6.45) is 1.96. The number of carboxylic acid groups (broad SMARTS) is 1. The van der Waals surface area contributed by atoms with Crippen molar-refractivity contribution in [2.75, 3.05) is 0 Å². The van der Waals surface area contributed by atoms with Gasteiger partial charge in [-0.05, 0) is 55.9 Å². The number of benzene rings is 1. The zero-order chi connectivity index (χ0) is 18.0. The Morgan fingerprint density at radius 2 is 1.88 bits per heavy atom. The predicted octanol–water partition coefficient (Wildman–Crippen LogP) is 3.10. The molecule has 0 radical (unpaired) electrons. The lowest BCUT2D eigenvalue weighted by atomic mass is 9.72. The molecule has 0 aromatic heterocycles. The Kier molecular flexibility index (Phi) is 5.34. The minimum Gasteiger partial charge on any atom is -0.507 e. The summed E-state index contributed by atoms with van der Waals surface area (Å²) < 4.78 is 0. The molecule has 0 amide bonds. The number of aliphatic hydroxyl groups excluding tert-OH is 1. The average Bonchev–Trinajstić information content (AvgIpc) is 2.47. The molecule has 5 nitrogen and oxygen atoms in total. The molecule has 0 fully saturated rings. The van der Waals surface area contributed by atoms with Crippen LogP contribution in [0, 0.1) is 5.92 Å². The molecule has 3 atom stereocenters. The maximum absolute atomic E-state index is 10.7. The topological polar surface area (TPSA) is 98.0 Å². The summed E-state index contributed by atoms with van der Waals surface area (Å²) in [5.41, 5.74) is 2.63. The van der Waals surface area contributed by atoms with Crippen LogP contribution in [0.2, 0.25) is 0 Å². The SMILES string of the molecule is C=C(C)[C@@H]1CC(O)C(C)=CC1c1c(O)cc(CCC(=O)O)cc1O. The fourth-order valence-corrected chi connectivity index (χ4v) is 3.29. The van der Waals surface area contributed by atoms with E-state index in [1.807, 2.05) is 19.9 Å². The molecule has 1 aromatic carbocycles. The first kappa shape index (κ1) is 18.1. The normalized spacial score (nSPS) is 23.6. The highest BCUT2D eigenvalue weighted by atomic mass is 16.4. The van der Waals surface area contributed by atoms with Gasteiger partial charge < -0.3 is 20.4 Å². The van der Waals surface area contributed by atoms with E-state index in [9.17, 15) is 20.1 Å². The monoisotopic (exact) mass is 332 g/mol. The Labute approximate surface area is 141 Å². The van der Waals surface area contributed by atoms with Crippen LogP contribution in [-0.4, -0.2) is 32.5 Å². The molecule has 5 heteroatoms. The number of carbonyl (C=O) groups is 1. The van der Waals surface area contributed by atoms with Gasteiger partial charge in [0.25, 0.3) is 0 Å². The summed E-state index contributed by atoms with van der Waals surface area (Å²) in [5.74, 6) is -1.43. The van der Waals surface area contributed by atoms with Crippen LogP contribution in [0.25, 0.3) is 0 Å². The molecule has 0 saturated carbocycles. The third kappa shape index (κ3) is 3.79. The van der Waals surface area contributed by atoms with E-state index >= 15 is 0 Å². The van der Waals surface area contributed by atoms with Crippen LogP contribution in [0.1, 0.15) is 43.7 Å². The smallest absolute Gasteiger partial charge is 0.303 e. The number of rotatable bonds is 5. The summed E-state index contributed by atoms with van der Waals surface area (Å²) in [7, 11) is 0. The van der Waals surface area contributed by atoms with E-state index in [-0.39, 0.29) is 36.2 Å². The molecule has 1 aliphatic rings. The van der Waals surface area contributed by atoms with E-state index < -0.39 is 12.1 Å². The quantitative estimate of drug-likeness (QED) is 0.621. The van der Waals surface area contributed by atoms with Crippen molar-refractivity contribution < 1.29 is 25.2 Å². The first-order valence-electron chi connectivity index (χ1n) is 7.99. The van der Waals surface area contributed by atoms with Gasteiger partial charge in [-0.1, -0.05) is 18.2 Å². The van der Waals surface area contributed by atoms with E-state index in [1.54, 1.807) is 0 Å². The van der Waals surface area contributed by atoms with Crippen LogP contribution in [0.15, 0.2) is 35.9 Å². The van der Waals surface area contributed by atoms with Gasteiger partial charge in [-0.25, -0.2) is 0 Å². The number of carboxylic acids is 1. The molecule has 1 aromatic rings. The predicted molar refractivity (Wildman–Crippen MR) is 91.2 cm³/mol. The van der Waals surface area contributed by atoms with Crippen molar-refractivity contribution in [1.82, 2.24) is 0 Å². The van der Waals surface area contributed by atoms with E-state index in [0.29, 0.717) is 17.5 Å². The molecule has 0 heterocycles. The Hall–Kier alpha value is -2.27. The van der Waals surface area contributed by atoms with E-state index in [4.69, 9.17) is 5.11 Å². The van der Waals surface area contributed by atoms with Gasteiger partial charge in [-0.2, -0.15) is 0 Å². The van der Waals surface area contributed by atoms with Gasteiger partial charge >= 0.3 is 5.97 Å². The summed E-state index contributed by atoms with van der Waals surface area (Å²) >= 11 is 0. The van der Waals surface area contributed by atoms with Gasteiger partial charge in [0.05, 0.1) is 6.10 Å². The minimum absolute atomic E-state index is 0.0629.